The van der Waals surface area contributed by atoms with Crippen molar-refractivity contribution >= 4 is 28.5 Å². The molecule has 106 valence electrons. The van der Waals surface area contributed by atoms with Crippen LogP contribution >= 0.6 is 28.5 Å². The van der Waals surface area contributed by atoms with Crippen molar-refractivity contribution in [2.24, 2.45) is 0 Å². The molecule has 1 aromatic heterocycles. The van der Waals surface area contributed by atoms with Crippen LogP contribution in [0.5, 0.6) is 0 Å². The van der Waals surface area contributed by atoms with E-state index in [4.69, 9.17) is 9.26 Å². The van der Waals surface area contributed by atoms with Crippen molar-refractivity contribution < 1.29 is 14.4 Å². The topological polar surface area (TPSA) is 93.5 Å². The lowest BCUT2D eigenvalue weighted by molar-refractivity contribution is -0.0877. The maximum absolute atomic E-state index is 11.7. The molecule has 1 aliphatic rings. The molecule has 4 atom stereocenters. The molecule has 1 aliphatic heterocycles. The first-order valence-electron chi connectivity index (χ1n) is 5.61. The number of rotatable bonds is 4. The minimum absolute atomic E-state index is 0.277. The Hall–Kier alpha value is -0.280. The fourth-order valence-corrected chi connectivity index (χ4v) is 2.93. The second kappa shape index (κ2) is 6.01. The summed E-state index contributed by atoms with van der Waals surface area (Å²) in [5.41, 5.74) is -2.27. The summed E-state index contributed by atoms with van der Waals surface area (Å²) < 4.78 is 12.1. The Morgan fingerprint density at radius 2 is 2.47 bits per heavy atom. The molecule has 9 heteroatoms. The molecular formula is C10H14IN2O5P. The van der Waals surface area contributed by atoms with E-state index in [1.165, 1.54) is 16.8 Å². The van der Waals surface area contributed by atoms with Gasteiger partial charge in [-0.15, -0.1) is 0 Å². The summed E-state index contributed by atoms with van der Waals surface area (Å²) >= 11 is 2.10. The van der Waals surface area contributed by atoms with Gasteiger partial charge in [0.1, 0.15) is 5.60 Å². The van der Waals surface area contributed by atoms with Gasteiger partial charge in [0, 0.05) is 18.7 Å². The lowest BCUT2D eigenvalue weighted by atomic mass is 10.0. The van der Waals surface area contributed by atoms with Gasteiger partial charge in [-0.25, -0.2) is 4.79 Å². The molecule has 1 aromatic rings. The molecule has 0 aromatic carbocycles. The second-order valence-electron chi connectivity index (χ2n) is 4.58. The third-order valence-corrected chi connectivity index (χ3v) is 4.13. The molecule has 0 aliphatic carbocycles. The molecular weight excluding hydrogens is 386 g/mol. The quantitative estimate of drug-likeness (QED) is 0.569. The zero-order chi connectivity index (χ0) is 14.0. The summed E-state index contributed by atoms with van der Waals surface area (Å²) in [5.74, 6) is 0. The highest BCUT2D eigenvalue weighted by Gasteiger charge is 2.45. The van der Waals surface area contributed by atoms with Gasteiger partial charge in [-0.2, -0.15) is 0 Å². The Balaban J connectivity index is 2.24. The van der Waals surface area contributed by atoms with E-state index in [1.807, 2.05) is 0 Å². The third kappa shape index (κ3) is 3.43. The van der Waals surface area contributed by atoms with Gasteiger partial charge in [0.25, 0.3) is 5.56 Å². The molecule has 19 heavy (non-hydrogen) atoms. The first-order valence-corrected chi connectivity index (χ1v) is 9.63. The monoisotopic (exact) mass is 400 g/mol. The number of nitrogens with zero attached hydrogens (tertiary/aromatic N) is 1. The van der Waals surface area contributed by atoms with Gasteiger partial charge < -0.3 is 14.4 Å². The van der Waals surface area contributed by atoms with Crippen molar-refractivity contribution in [3.63, 3.8) is 0 Å². The maximum Gasteiger partial charge on any atom is 0.330 e. The molecule has 0 amide bonds. The van der Waals surface area contributed by atoms with Crippen molar-refractivity contribution in [2.45, 2.75) is 31.3 Å². The lowest BCUT2D eigenvalue weighted by Crippen LogP contribution is -2.40. The zero-order valence-electron chi connectivity index (χ0n) is 10.1. The van der Waals surface area contributed by atoms with Crippen molar-refractivity contribution in [1.29, 1.82) is 0 Å². The van der Waals surface area contributed by atoms with E-state index in [0.717, 1.165) is 0 Å². The summed E-state index contributed by atoms with van der Waals surface area (Å²) in [7, 11) is 0. The van der Waals surface area contributed by atoms with E-state index in [-0.39, 0.29) is 6.10 Å². The summed E-state index contributed by atoms with van der Waals surface area (Å²) in [6.07, 6.45) is 0.581. The van der Waals surface area contributed by atoms with Crippen LogP contribution in [-0.2, 0) is 9.26 Å². The number of hydrogen-bond acceptors (Lipinski definition) is 5. The summed E-state index contributed by atoms with van der Waals surface area (Å²) in [6, 6.07) is 1.22. The van der Waals surface area contributed by atoms with E-state index in [9.17, 15) is 14.7 Å². The highest BCUT2D eigenvalue weighted by atomic mass is 127. The highest BCUT2D eigenvalue weighted by Crippen LogP contribution is 2.38. The summed E-state index contributed by atoms with van der Waals surface area (Å²) in [4.78, 5) is 24.9. The van der Waals surface area contributed by atoms with Crippen LogP contribution in [0.2, 0.25) is 0 Å². The van der Waals surface area contributed by atoms with Gasteiger partial charge in [0.2, 0.25) is 0 Å². The molecule has 1 unspecified atom stereocenters. The molecule has 0 radical (unpaired) electrons. The van der Waals surface area contributed by atoms with Gasteiger partial charge >= 0.3 is 5.69 Å². The van der Waals surface area contributed by atoms with Gasteiger partial charge in [0.15, 0.2) is 6.23 Å². The number of nitrogens with one attached hydrogen (secondary N) is 1. The van der Waals surface area contributed by atoms with Crippen LogP contribution in [0, 0.1) is 0 Å². The second-order valence-corrected chi connectivity index (χ2v) is 6.34. The van der Waals surface area contributed by atoms with Gasteiger partial charge in [-0.3, -0.25) is 14.3 Å². The first-order chi connectivity index (χ1) is 8.94. The fraction of sp³-hybridized carbons (Fsp3) is 0.600. The number of hydrogen-bond donors (Lipinski definition) is 2. The predicted molar refractivity (Wildman–Crippen MR) is 78.8 cm³/mol. The number of halogens is 1. The minimum Gasteiger partial charge on any atom is -0.385 e. The largest absolute Gasteiger partial charge is 0.385 e. The molecule has 0 spiro atoms. The van der Waals surface area contributed by atoms with Crippen LogP contribution in [0.4, 0.5) is 0 Å². The molecule has 2 rings (SSSR count). The van der Waals surface area contributed by atoms with Crippen LogP contribution in [0.25, 0.3) is 0 Å². The van der Waals surface area contributed by atoms with Crippen LogP contribution in [0.1, 0.15) is 19.6 Å². The number of aromatic amines is 1. The van der Waals surface area contributed by atoms with E-state index >= 15 is 0 Å². The maximum atomic E-state index is 11.7. The normalized spacial score (nSPS) is 31.3. The molecule has 2 N–H and O–H groups in total. The van der Waals surface area contributed by atoms with Crippen LogP contribution in [0.3, 0.4) is 0 Å². The molecule has 1 fully saturated rings. The SMILES string of the molecule is C[C@]1(O)C[C@@H](COPI)O[C@H]1n1ccc(=O)[nH]c1=O. The number of ether oxygens (including phenoxy) is 1. The van der Waals surface area contributed by atoms with Crippen molar-refractivity contribution in [3.05, 3.63) is 33.1 Å². The Bertz CT molecular complexity index is 557. The van der Waals surface area contributed by atoms with Crippen molar-refractivity contribution in [1.82, 2.24) is 9.55 Å². The van der Waals surface area contributed by atoms with E-state index < -0.39 is 23.1 Å². The Labute approximate surface area is 123 Å². The van der Waals surface area contributed by atoms with Crippen molar-refractivity contribution in [2.75, 3.05) is 6.61 Å². The summed E-state index contributed by atoms with van der Waals surface area (Å²) in [6.45, 7) is 2.28. The van der Waals surface area contributed by atoms with Gasteiger partial charge in [-0.1, -0.05) is 0 Å². The Morgan fingerprint density at radius 3 is 3.11 bits per heavy atom. The number of aromatic nitrogens is 2. The van der Waals surface area contributed by atoms with Crippen LogP contribution in [-0.4, -0.2) is 33.0 Å². The van der Waals surface area contributed by atoms with Crippen molar-refractivity contribution in [3.8, 4) is 0 Å². The fourth-order valence-electron chi connectivity index (χ4n) is 2.14. The molecule has 2 heterocycles. The average molecular weight is 400 g/mol. The number of aliphatic hydroxyl groups is 1. The third-order valence-electron chi connectivity index (χ3n) is 2.92. The van der Waals surface area contributed by atoms with Crippen LogP contribution < -0.4 is 11.2 Å². The predicted octanol–water partition coefficient (Wildman–Crippen LogP) is 0.535. The number of H-pyrrole nitrogens is 1. The molecule has 0 saturated carbocycles. The van der Waals surface area contributed by atoms with E-state index in [1.54, 1.807) is 6.92 Å². The smallest absolute Gasteiger partial charge is 0.330 e. The minimum atomic E-state index is -1.19. The Kier molecular flexibility index (Phi) is 4.78. The molecule has 0 bridgehead atoms. The molecule has 1 saturated heterocycles. The summed E-state index contributed by atoms with van der Waals surface area (Å²) in [5, 5.41) is 10.3. The molecule has 7 nitrogen and oxygen atoms in total. The standard InChI is InChI=1S/C10H14IN2O5P/c1-10(16)4-6(5-17-19-11)18-8(10)13-3-2-7(14)12-9(13)15/h2-3,6,8,16,19H,4-5H2,1H3,(H,12,14,15)/t6-,8+,10-/m0/s1. The average Bonchev–Trinajstić information content (AvgIpc) is 2.62. The van der Waals surface area contributed by atoms with E-state index in [0.29, 0.717) is 19.5 Å². The Morgan fingerprint density at radius 1 is 1.74 bits per heavy atom. The van der Waals surface area contributed by atoms with Crippen LogP contribution in [0.15, 0.2) is 21.9 Å². The van der Waals surface area contributed by atoms with Gasteiger partial charge in [-0.05, 0) is 29.0 Å². The lowest BCUT2D eigenvalue weighted by Gasteiger charge is -2.24. The van der Waals surface area contributed by atoms with E-state index in [2.05, 4.69) is 27.0 Å². The van der Waals surface area contributed by atoms with Gasteiger partial charge in [0.05, 0.1) is 19.2 Å². The zero-order valence-corrected chi connectivity index (χ0v) is 13.3. The first kappa shape index (κ1) is 15.1. The highest BCUT2D eigenvalue weighted by molar-refractivity contribution is 14.2.